The van der Waals surface area contributed by atoms with E-state index >= 15 is 0 Å². The van der Waals surface area contributed by atoms with Gasteiger partial charge in [-0.2, -0.15) is 0 Å². The quantitative estimate of drug-likeness (QED) is 0.0200. The summed E-state index contributed by atoms with van der Waals surface area (Å²) in [6.07, 6.45) is 71.2. The van der Waals surface area contributed by atoms with E-state index in [1.165, 1.54) is 12.8 Å². The van der Waals surface area contributed by atoms with Crippen molar-refractivity contribution in [2.24, 2.45) is 0 Å². The van der Waals surface area contributed by atoms with Crippen molar-refractivity contribution in [2.45, 2.75) is 181 Å². The maximum Gasteiger partial charge on any atom is 0.306 e. The number of carbonyl (C=O) groups excluding carboxylic acids is 3. The molecular weight excluding hydrogens is 781 g/mol. The molecule has 0 spiro atoms. The number of rotatable bonds is 41. The Morgan fingerprint density at radius 3 is 1.14 bits per heavy atom. The van der Waals surface area contributed by atoms with Crippen LogP contribution in [0, 0.1) is 0 Å². The Morgan fingerprint density at radius 2 is 0.667 bits per heavy atom. The minimum absolute atomic E-state index is 0.129. The average Bonchev–Trinajstić information content (AvgIpc) is 3.28. The molecule has 0 aromatic rings. The van der Waals surface area contributed by atoms with Crippen molar-refractivity contribution in [1.82, 2.24) is 0 Å². The second-order valence-corrected chi connectivity index (χ2v) is 15.3. The highest BCUT2D eigenvalue weighted by atomic mass is 16.6. The molecule has 0 aliphatic rings. The van der Waals surface area contributed by atoms with E-state index in [9.17, 15) is 14.4 Å². The lowest BCUT2D eigenvalue weighted by atomic mass is 10.1. The van der Waals surface area contributed by atoms with E-state index in [-0.39, 0.29) is 44.0 Å². The molecular formula is C57H86O6. The lowest BCUT2D eigenvalue weighted by Gasteiger charge is -2.18. The molecule has 1 unspecified atom stereocenters. The second-order valence-electron chi connectivity index (χ2n) is 15.3. The third-order valence-corrected chi connectivity index (χ3v) is 9.45. The van der Waals surface area contributed by atoms with Crippen LogP contribution in [0.2, 0.25) is 0 Å². The molecule has 0 N–H and O–H groups in total. The highest BCUT2D eigenvalue weighted by Crippen LogP contribution is 2.12. The first kappa shape index (κ1) is 58.3. The molecule has 0 aliphatic heterocycles. The first-order chi connectivity index (χ1) is 31.0. The van der Waals surface area contributed by atoms with Gasteiger partial charge in [0.15, 0.2) is 6.10 Å². The standard InChI is InChI=1S/C57H86O6/c1-4-7-10-13-16-19-22-25-27-29-32-35-38-41-44-47-50-56(59)62-53-54(52-61-55(58)49-46-43-40-37-34-31-24-21-18-15-12-9-6-3)63-57(60)51-48-45-42-39-36-33-30-28-26-23-20-17-14-11-8-5-2/h7-12,15-21,24-28,31-32,34-35,37,40,54H,4-6,13-14,22-23,29-30,33,36,38-39,41-53H2,1-3H3/b10-7-,11-8-,12-9-,18-15-,19-16-,20-17-,24-21-,27-25-,28-26-,34-31-,35-32-,40-37-. The molecule has 0 heterocycles. The number of unbranched alkanes of at least 4 members (excludes halogenated alkanes) is 10. The smallest absolute Gasteiger partial charge is 0.306 e. The molecule has 0 amide bonds. The summed E-state index contributed by atoms with van der Waals surface area (Å²) in [6.45, 7) is 6.13. The average molecular weight is 867 g/mol. The first-order valence-corrected chi connectivity index (χ1v) is 24.4. The van der Waals surface area contributed by atoms with E-state index in [4.69, 9.17) is 14.2 Å². The number of carbonyl (C=O) groups is 3. The predicted molar refractivity (Wildman–Crippen MR) is 269 cm³/mol. The molecule has 0 fully saturated rings. The van der Waals surface area contributed by atoms with Gasteiger partial charge in [0.25, 0.3) is 0 Å². The van der Waals surface area contributed by atoms with Gasteiger partial charge in [-0.15, -0.1) is 0 Å². The Labute approximate surface area is 385 Å². The molecule has 0 radical (unpaired) electrons. The van der Waals surface area contributed by atoms with E-state index in [2.05, 4.69) is 112 Å². The summed E-state index contributed by atoms with van der Waals surface area (Å²) in [4.78, 5) is 37.9. The van der Waals surface area contributed by atoms with E-state index in [0.29, 0.717) is 12.8 Å². The first-order valence-electron chi connectivity index (χ1n) is 24.4. The molecule has 6 heteroatoms. The van der Waals surface area contributed by atoms with Gasteiger partial charge in [0.05, 0.1) is 0 Å². The van der Waals surface area contributed by atoms with Gasteiger partial charge in [-0.05, 0) is 103 Å². The fraction of sp³-hybridized carbons (Fsp3) is 0.526. The van der Waals surface area contributed by atoms with Crippen LogP contribution in [0.5, 0.6) is 0 Å². The molecule has 0 saturated carbocycles. The molecule has 63 heavy (non-hydrogen) atoms. The summed E-state index contributed by atoms with van der Waals surface area (Å²) < 4.78 is 16.7. The van der Waals surface area contributed by atoms with Gasteiger partial charge in [0.1, 0.15) is 13.2 Å². The lowest BCUT2D eigenvalue weighted by molar-refractivity contribution is -0.167. The van der Waals surface area contributed by atoms with Crippen molar-refractivity contribution >= 4 is 17.9 Å². The van der Waals surface area contributed by atoms with Crippen LogP contribution >= 0.6 is 0 Å². The lowest BCUT2D eigenvalue weighted by Crippen LogP contribution is -2.30. The molecule has 6 nitrogen and oxygen atoms in total. The van der Waals surface area contributed by atoms with E-state index in [0.717, 1.165) is 116 Å². The Bertz CT molecular complexity index is 1460. The summed E-state index contributed by atoms with van der Waals surface area (Å²) in [5.41, 5.74) is 0. The van der Waals surface area contributed by atoms with Crippen LogP contribution in [0.4, 0.5) is 0 Å². The van der Waals surface area contributed by atoms with Crippen molar-refractivity contribution in [2.75, 3.05) is 13.2 Å². The zero-order valence-corrected chi connectivity index (χ0v) is 39.8. The van der Waals surface area contributed by atoms with Gasteiger partial charge < -0.3 is 14.2 Å². The van der Waals surface area contributed by atoms with E-state index in [1.807, 2.05) is 54.7 Å². The number of ether oxygens (including phenoxy) is 3. The third-order valence-electron chi connectivity index (χ3n) is 9.45. The Balaban J connectivity index is 4.60. The molecule has 0 aliphatic carbocycles. The van der Waals surface area contributed by atoms with Crippen molar-refractivity contribution in [1.29, 1.82) is 0 Å². The van der Waals surface area contributed by atoms with Crippen molar-refractivity contribution in [3.63, 3.8) is 0 Å². The normalized spacial score (nSPS) is 13.4. The topological polar surface area (TPSA) is 78.9 Å². The van der Waals surface area contributed by atoms with Gasteiger partial charge in [0.2, 0.25) is 0 Å². The molecule has 0 aromatic heterocycles. The number of hydrogen-bond acceptors (Lipinski definition) is 6. The van der Waals surface area contributed by atoms with Crippen molar-refractivity contribution < 1.29 is 28.6 Å². The van der Waals surface area contributed by atoms with Crippen LogP contribution in [0.3, 0.4) is 0 Å². The zero-order chi connectivity index (χ0) is 45.8. The minimum atomic E-state index is -0.833. The number of allylic oxidation sites excluding steroid dienone is 24. The summed E-state index contributed by atoms with van der Waals surface area (Å²) in [7, 11) is 0. The van der Waals surface area contributed by atoms with Crippen LogP contribution in [0.25, 0.3) is 0 Å². The largest absolute Gasteiger partial charge is 0.462 e. The van der Waals surface area contributed by atoms with Crippen LogP contribution in [0.15, 0.2) is 146 Å². The van der Waals surface area contributed by atoms with Gasteiger partial charge >= 0.3 is 17.9 Å². The molecule has 0 aromatic carbocycles. The van der Waals surface area contributed by atoms with Gasteiger partial charge in [-0.1, -0.05) is 199 Å². The van der Waals surface area contributed by atoms with Crippen molar-refractivity contribution in [3.8, 4) is 0 Å². The van der Waals surface area contributed by atoms with Crippen LogP contribution < -0.4 is 0 Å². The monoisotopic (exact) mass is 867 g/mol. The van der Waals surface area contributed by atoms with Crippen LogP contribution in [-0.2, 0) is 28.6 Å². The third kappa shape index (κ3) is 48.2. The zero-order valence-electron chi connectivity index (χ0n) is 39.8. The molecule has 1 atom stereocenters. The number of hydrogen-bond donors (Lipinski definition) is 0. The summed E-state index contributed by atoms with van der Waals surface area (Å²) in [5.74, 6) is -1.06. The van der Waals surface area contributed by atoms with Gasteiger partial charge in [-0.3, -0.25) is 14.4 Å². The Hall–Kier alpha value is -4.71. The maximum atomic E-state index is 12.8. The molecule has 0 bridgehead atoms. The van der Waals surface area contributed by atoms with Gasteiger partial charge in [-0.25, -0.2) is 0 Å². The second kappa shape index (κ2) is 49.9. The number of esters is 3. The Morgan fingerprint density at radius 1 is 0.333 bits per heavy atom. The summed E-state index contributed by atoms with van der Waals surface area (Å²) >= 11 is 0. The minimum Gasteiger partial charge on any atom is -0.462 e. The summed E-state index contributed by atoms with van der Waals surface area (Å²) in [6, 6.07) is 0. The molecule has 0 saturated heterocycles. The SMILES string of the molecule is CC\C=C/C=C\C=C/C=C\C=C/CCCC(=O)OCC(COC(=O)CCCCC/C=C\C/C=C\C/C=C\C/C=C\CC)OC(=O)CCCCCCCC/C=C\C/C=C\C/C=C\CC. The molecule has 350 valence electrons. The van der Waals surface area contributed by atoms with E-state index in [1.54, 1.807) is 0 Å². The fourth-order valence-corrected chi connectivity index (χ4v) is 5.89. The highest BCUT2D eigenvalue weighted by Gasteiger charge is 2.19. The Kier molecular flexibility index (Phi) is 46.2. The molecule has 0 rings (SSSR count). The van der Waals surface area contributed by atoms with Gasteiger partial charge in [0, 0.05) is 19.3 Å². The maximum absolute atomic E-state index is 12.8. The van der Waals surface area contributed by atoms with Crippen molar-refractivity contribution in [3.05, 3.63) is 146 Å². The van der Waals surface area contributed by atoms with Crippen LogP contribution in [0.1, 0.15) is 175 Å². The summed E-state index contributed by atoms with van der Waals surface area (Å²) in [5, 5.41) is 0. The fourth-order valence-electron chi connectivity index (χ4n) is 5.89. The predicted octanol–water partition coefficient (Wildman–Crippen LogP) is 16.1. The highest BCUT2D eigenvalue weighted by molar-refractivity contribution is 5.71. The van der Waals surface area contributed by atoms with Crippen LogP contribution in [-0.4, -0.2) is 37.2 Å². The van der Waals surface area contributed by atoms with E-state index < -0.39 is 6.10 Å².